The van der Waals surface area contributed by atoms with E-state index in [0.29, 0.717) is 4.90 Å². The fraction of sp³-hybridized carbons (Fsp3) is 0.333. The van der Waals surface area contributed by atoms with Crippen molar-refractivity contribution in [3.63, 3.8) is 0 Å². The summed E-state index contributed by atoms with van der Waals surface area (Å²) < 4.78 is 27.3. The minimum absolute atomic E-state index is 0.00327. The zero-order valence-electron chi connectivity index (χ0n) is 11.3. The highest BCUT2D eigenvalue weighted by Crippen LogP contribution is 2.19. The van der Waals surface area contributed by atoms with Crippen LogP contribution in [0.15, 0.2) is 47.4 Å². The summed E-state index contributed by atoms with van der Waals surface area (Å²) in [7, 11) is -3.43. The molecule has 0 aromatic heterocycles. The number of hydrogen-bond donors (Lipinski definition) is 1. The molecule has 102 valence electrons. The Kier molecular flexibility index (Phi) is 4.22. The molecule has 19 heavy (non-hydrogen) atoms. The smallest absolute Gasteiger partial charge is 0.208 e. The number of benzene rings is 2. The summed E-state index contributed by atoms with van der Waals surface area (Å²) >= 11 is 0. The zero-order chi connectivity index (χ0) is 13.9. The van der Waals surface area contributed by atoms with Gasteiger partial charge in [0.2, 0.25) is 10.0 Å². The SMILES string of the molecule is CCC(CC)NS(=O)(=O)c1ccc2ccccc2c1. The van der Waals surface area contributed by atoms with E-state index in [2.05, 4.69) is 4.72 Å². The summed E-state index contributed by atoms with van der Waals surface area (Å²) in [6, 6.07) is 13.0. The molecule has 0 bridgehead atoms. The first-order valence-corrected chi connectivity index (χ1v) is 8.06. The Hall–Kier alpha value is -1.39. The molecule has 0 amide bonds. The van der Waals surface area contributed by atoms with E-state index in [9.17, 15) is 8.42 Å². The van der Waals surface area contributed by atoms with E-state index in [-0.39, 0.29) is 6.04 Å². The molecule has 0 unspecified atom stereocenters. The first kappa shape index (κ1) is 14.0. The number of nitrogens with one attached hydrogen (secondary N) is 1. The number of fused-ring (bicyclic) bond motifs is 1. The minimum Gasteiger partial charge on any atom is -0.208 e. The second kappa shape index (κ2) is 5.72. The zero-order valence-corrected chi connectivity index (χ0v) is 12.1. The molecule has 0 radical (unpaired) electrons. The van der Waals surface area contributed by atoms with Crippen LogP contribution in [0.2, 0.25) is 0 Å². The fourth-order valence-electron chi connectivity index (χ4n) is 2.08. The Bertz CT molecular complexity index is 661. The van der Waals surface area contributed by atoms with E-state index < -0.39 is 10.0 Å². The molecule has 4 heteroatoms. The topological polar surface area (TPSA) is 46.2 Å². The Morgan fingerprint density at radius 3 is 2.26 bits per heavy atom. The lowest BCUT2D eigenvalue weighted by molar-refractivity contribution is 0.530. The number of hydrogen-bond acceptors (Lipinski definition) is 2. The van der Waals surface area contributed by atoms with Crippen LogP contribution in [0.1, 0.15) is 26.7 Å². The Labute approximate surface area is 114 Å². The molecule has 0 atom stereocenters. The van der Waals surface area contributed by atoms with Crippen LogP contribution < -0.4 is 4.72 Å². The van der Waals surface area contributed by atoms with Gasteiger partial charge in [0.15, 0.2) is 0 Å². The first-order valence-electron chi connectivity index (χ1n) is 6.58. The predicted molar refractivity (Wildman–Crippen MR) is 78.6 cm³/mol. The van der Waals surface area contributed by atoms with Crippen molar-refractivity contribution in [2.45, 2.75) is 37.6 Å². The summed E-state index contributed by atoms with van der Waals surface area (Å²) in [4.78, 5) is 0.332. The van der Waals surface area contributed by atoms with Gasteiger partial charge in [0, 0.05) is 6.04 Å². The molecule has 1 N–H and O–H groups in total. The lowest BCUT2D eigenvalue weighted by atomic mass is 10.1. The van der Waals surface area contributed by atoms with Crippen LogP contribution in [0.5, 0.6) is 0 Å². The van der Waals surface area contributed by atoms with E-state index in [1.165, 1.54) is 0 Å². The molecule has 2 aromatic carbocycles. The highest BCUT2D eigenvalue weighted by molar-refractivity contribution is 7.89. The molecule has 0 fully saturated rings. The van der Waals surface area contributed by atoms with Gasteiger partial charge in [0.1, 0.15) is 0 Å². The second-order valence-corrected chi connectivity index (χ2v) is 6.36. The van der Waals surface area contributed by atoms with Crippen molar-refractivity contribution in [3.05, 3.63) is 42.5 Å². The Morgan fingerprint density at radius 2 is 1.63 bits per heavy atom. The van der Waals surface area contributed by atoms with Gasteiger partial charge in [-0.1, -0.05) is 44.2 Å². The molecule has 0 aliphatic carbocycles. The molecule has 0 heterocycles. The molecule has 0 saturated heterocycles. The van der Waals surface area contributed by atoms with Gasteiger partial charge in [0.25, 0.3) is 0 Å². The van der Waals surface area contributed by atoms with Crippen LogP contribution in [-0.4, -0.2) is 14.5 Å². The lowest BCUT2D eigenvalue weighted by Gasteiger charge is -2.15. The van der Waals surface area contributed by atoms with Crippen LogP contribution in [0, 0.1) is 0 Å². The van der Waals surface area contributed by atoms with Crippen molar-refractivity contribution in [1.29, 1.82) is 0 Å². The van der Waals surface area contributed by atoms with Crippen LogP contribution in [0.3, 0.4) is 0 Å². The highest BCUT2D eigenvalue weighted by atomic mass is 32.2. The van der Waals surface area contributed by atoms with Gasteiger partial charge < -0.3 is 0 Å². The molecule has 2 aromatic rings. The fourth-order valence-corrected chi connectivity index (χ4v) is 3.51. The van der Waals surface area contributed by atoms with Crippen LogP contribution >= 0.6 is 0 Å². The average molecular weight is 277 g/mol. The molecule has 0 aliphatic heterocycles. The van der Waals surface area contributed by atoms with Gasteiger partial charge in [-0.05, 0) is 35.7 Å². The summed E-state index contributed by atoms with van der Waals surface area (Å²) in [6.07, 6.45) is 1.59. The summed E-state index contributed by atoms with van der Waals surface area (Å²) in [5, 5.41) is 1.99. The molecule has 0 aliphatic rings. The minimum atomic E-state index is -3.43. The van der Waals surface area contributed by atoms with Crippen molar-refractivity contribution in [1.82, 2.24) is 4.72 Å². The van der Waals surface area contributed by atoms with Gasteiger partial charge in [-0.2, -0.15) is 0 Å². The molecule has 0 saturated carbocycles. The van der Waals surface area contributed by atoms with E-state index in [1.807, 2.05) is 44.2 Å². The van der Waals surface area contributed by atoms with Crippen LogP contribution in [0.4, 0.5) is 0 Å². The monoisotopic (exact) mass is 277 g/mol. The van der Waals surface area contributed by atoms with Crippen LogP contribution in [-0.2, 0) is 10.0 Å². The third kappa shape index (κ3) is 3.14. The normalized spacial score (nSPS) is 12.2. The van der Waals surface area contributed by atoms with Crippen molar-refractivity contribution in [3.8, 4) is 0 Å². The van der Waals surface area contributed by atoms with E-state index >= 15 is 0 Å². The first-order chi connectivity index (χ1) is 9.06. The largest absolute Gasteiger partial charge is 0.240 e. The summed E-state index contributed by atoms with van der Waals surface area (Å²) in [5.41, 5.74) is 0. The predicted octanol–water partition coefficient (Wildman–Crippen LogP) is 3.31. The average Bonchev–Trinajstić information content (AvgIpc) is 2.44. The van der Waals surface area contributed by atoms with E-state index in [0.717, 1.165) is 23.6 Å². The quantitative estimate of drug-likeness (QED) is 0.911. The second-order valence-electron chi connectivity index (χ2n) is 4.64. The third-order valence-corrected chi connectivity index (χ3v) is 4.86. The lowest BCUT2D eigenvalue weighted by Crippen LogP contribution is -2.33. The van der Waals surface area contributed by atoms with Gasteiger partial charge in [0.05, 0.1) is 4.90 Å². The van der Waals surface area contributed by atoms with Gasteiger partial charge in [-0.25, -0.2) is 13.1 Å². The third-order valence-electron chi connectivity index (χ3n) is 3.34. The van der Waals surface area contributed by atoms with Crippen molar-refractivity contribution < 1.29 is 8.42 Å². The summed E-state index contributed by atoms with van der Waals surface area (Å²) in [6.45, 7) is 3.97. The maximum atomic E-state index is 12.3. The maximum Gasteiger partial charge on any atom is 0.240 e. The molecule has 0 spiro atoms. The van der Waals surface area contributed by atoms with Crippen molar-refractivity contribution in [2.75, 3.05) is 0 Å². The molecular formula is C15H19NO2S. The van der Waals surface area contributed by atoms with E-state index in [4.69, 9.17) is 0 Å². The van der Waals surface area contributed by atoms with Gasteiger partial charge in [-0.15, -0.1) is 0 Å². The highest BCUT2D eigenvalue weighted by Gasteiger charge is 2.18. The van der Waals surface area contributed by atoms with E-state index in [1.54, 1.807) is 12.1 Å². The van der Waals surface area contributed by atoms with Crippen molar-refractivity contribution in [2.24, 2.45) is 0 Å². The standard InChI is InChI=1S/C15H19NO2S/c1-3-14(4-2)16-19(17,18)15-10-9-12-7-5-6-8-13(12)11-15/h5-11,14,16H,3-4H2,1-2H3. The van der Waals surface area contributed by atoms with Crippen molar-refractivity contribution >= 4 is 20.8 Å². The summed E-state index contributed by atoms with van der Waals surface area (Å²) in [5.74, 6) is 0. The maximum absolute atomic E-state index is 12.3. The van der Waals surface area contributed by atoms with Gasteiger partial charge >= 0.3 is 0 Å². The number of sulfonamides is 1. The Morgan fingerprint density at radius 1 is 1.00 bits per heavy atom. The molecule has 2 rings (SSSR count). The van der Waals surface area contributed by atoms with Crippen LogP contribution in [0.25, 0.3) is 10.8 Å². The number of rotatable bonds is 5. The Balaban J connectivity index is 2.37. The molecular weight excluding hydrogens is 258 g/mol. The molecule has 3 nitrogen and oxygen atoms in total. The van der Waals surface area contributed by atoms with Gasteiger partial charge in [-0.3, -0.25) is 0 Å².